The maximum absolute atomic E-state index is 5.37. The molecule has 1 nitrogen and oxygen atoms in total. The number of hydrogen-bond acceptors (Lipinski definition) is 1. The van der Waals surface area contributed by atoms with E-state index < -0.39 is 7.26 Å². The molecule has 0 unspecified atom stereocenters. The van der Waals surface area contributed by atoms with Crippen LogP contribution in [0.4, 0.5) is 0 Å². The third-order valence-corrected chi connectivity index (χ3v) is 9.52. The van der Waals surface area contributed by atoms with Crippen LogP contribution in [0.25, 0.3) is 0 Å². The van der Waals surface area contributed by atoms with Crippen LogP contribution in [-0.2, 0) is 18.2 Å². The van der Waals surface area contributed by atoms with Gasteiger partial charge in [0.1, 0.15) is 5.75 Å². The van der Waals surface area contributed by atoms with Gasteiger partial charge >= 0.3 is 27.7 Å². The third kappa shape index (κ3) is 4.21. The summed E-state index contributed by atoms with van der Waals surface area (Å²) in [6.07, 6.45) is 0. The second kappa shape index (κ2) is 7.60. The van der Waals surface area contributed by atoms with Gasteiger partial charge in [0, 0.05) is 6.07 Å². The van der Waals surface area contributed by atoms with Gasteiger partial charge in [0.25, 0.3) is 0 Å². The molecule has 0 aromatic heterocycles. The van der Waals surface area contributed by atoms with Crippen LogP contribution in [-0.4, -0.2) is 17.4 Å². The van der Waals surface area contributed by atoms with Gasteiger partial charge in [-0.1, -0.05) is 13.3 Å². The Hall–Kier alpha value is 0.402. The quantitative estimate of drug-likeness (QED) is 0.361. The predicted molar refractivity (Wildman–Crippen MR) is 90.3 cm³/mol. The van der Waals surface area contributed by atoms with E-state index in [1.54, 1.807) is 7.11 Å². The molecule has 0 amide bonds. The van der Waals surface area contributed by atoms with Gasteiger partial charge in [-0.3, -0.25) is 0 Å². The summed E-state index contributed by atoms with van der Waals surface area (Å²) >= 11 is 2.22. The number of ether oxygens (including phenoxy) is 1. The first-order valence-electron chi connectivity index (χ1n) is 6.54. The van der Waals surface area contributed by atoms with Gasteiger partial charge in [-0.25, -0.2) is 0 Å². The van der Waals surface area contributed by atoms with E-state index in [0.29, 0.717) is 0 Å². The molecule has 0 N–H and O–H groups in total. The number of methoxy groups -OCH3 is 1. The number of hydrogen-bond donors (Lipinski definition) is 0. The van der Waals surface area contributed by atoms with Crippen molar-refractivity contribution in [2.24, 2.45) is 0 Å². The molecule has 0 heterocycles. The summed E-state index contributed by atoms with van der Waals surface area (Å²) in [5.74, 6) is 0.925. The fourth-order valence-corrected chi connectivity index (χ4v) is 6.88. The van der Waals surface area contributed by atoms with Gasteiger partial charge in [-0.2, -0.15) is 6.66 Å². The fourth-order valence-electron chi connectivity index (χ4n) is 2.63. The van der Waals surface area contributed by atoms with Crippen molar-refractivity contribution in [1.29, 1.82) is 0 Å². The van der Waals surface area contributed by atoms with Crippen LogP contribution < -0.4 is 10.0 Å². The average Bonchev–Trinajstić information content (AvgIpc) is 2.37. The first-order valence-corrected chi connectivity index (χ1v) is 10.5. The minimum absolute atomic E-state index is 0.178. The summed E-state index contributed by atoms with van der Waals surface area (Å²) in [6, 6.07) is 8.45. The van der Waals surface area contributed by atoms with Crippen LogP contribution in [0.15, 0.2) is 24.3 Å². The van der Waals surface area contributed by atoms with Gasteiger partial charge in [0.2, 0.25) is 0 Å². The Labute approximate surface area is 140 Å². The standard InChI is InChI=1S/C16H27OP.ClH.Pd/c1-15(2,3)18(8,16(4,5)6)14-11-9-10-13(12-14)17-7;;/h9-12H,8H2,1-7H3;1H;/q;;+2/p-1. The van der Waals surface area contributed by atoms with Crippen LogP contribution >= 0.6 is 16.8 Å². The van der Waals surface area contributed by atoms with Crippen molar-refractivity contribution in [2.75, 3.05) is 7.11 Å². The second-order valence-electron chi connectivity index (χ2n) is 6.85. The monoisotopic (exact) mass is 407 g/mol. The van der Waals surface area contributed by atoms with Gasteiger partial charge in [0.15, 0.2) is 0 Å². The van der Waals surface area contributed by atoms with E-state index in [-0.39, 0.29) is 10.3 Å². The first-order chi connectivity index (χ1) is 9.04. The molecule has 0 aliphatic rings. The molecule has 1 aromatic rings. The van der Waals surface area contributed by atoms with Gasteiger partial charge in [-0.15, -0.1) is 0 Å². The zero-order valence-corrected chi connectivity index (χ0v) is 16.8. The topological polar surface area (TPSA) is 9.23 Å². The van der Waals surface area contributed by atoms with Crippen molar-refractivity contribution in [3.63, 3.8) is 0 Å². The van der Waals surface area contributed by atoms with Gasteiger partial charge in [-0.05, 0) is 53.7 Å². The second-order valence-corrected chi connectivity index (χ2v) is 11.7. The molecule has 0 aliphatic heterocycles. The van der Waals surface area contributed by atoms with Gasteiger partial charge in [0.05, 0.1) is 22.7 Å². The summed E-state index contributed by atoms with van der Waals surface area (Å²) in [6.45, 7) is 18.5. The molecule has 0 aliphatic carbocycles. The van der Waals surface area contributed by atoms with Crippen LogP contribution in [0, 0.1) is 6.66 Å². The van der Waals surface area contributed by atoms with E-state index in [9.17, 15) is 0 Å². The first kappa shape index (κ1) is 20.4. The number of benzene rings is 1. The normalized spacial score (nSPS) is 12.6. The SMILES string of the molecule is [CH2-][P+](c1cccc(OC)c1)(C(C)(C)C)C(C)(C)C.[Cl][Pd+]. The summed E-state index contributed by atoms with van der Waals surface area (Å²) < 4.78 is 5.37. The zero-order chi connectivity index (χ0) is 16.2. The Morgan fingerprint density at radius 2 is 1.50 bits per heavy atom. The average molecular weight is 408 g/mol. The van der Waals surface area contributed by atoms with Crippen molar-refractivity contribution in [1.82, 2.24) is 0 Å². The zero-order valence-electron chi connectivity index (χ0n) is 13.6. The molecular weight excluding hydrogens is 381 g/mol. The molecule has 0 bridgehead atoms. The third-order valence-electron chi connectivity index (χ3n) is 3.78. The minimum atomic E-state index is -1.56. The molecule has 1 rings (SSSR count). The fraction of sp³-hybridized carbons (Fsp3) is 0.562. The predicted octanol–water partition coefficient (Wildman–Crippen LogP) is 5.41. The Morgan fingerprint density at radius 1 is 1.05 bits per heavy atom. The number of rotatable bonds is 2. The molecule has 0 saturated carbocycles. The van der Waals surface area contributed by atoms with E-state index in [4.69, 9.17) is 11.4 Å². The van der Waals surface area contributed by atoms with Crippen LogP contribution in [0.2, 0.25) is 0 Å². The van der Waals surface area contributed by atoms with Crippen molar-refractivity contribution < 1.29 is 22.9 Å². The Bertz CT molecular complexity index is 407. The number of halogens is 1. The van der Waals surface area contributed by atoms with Crippen molar-refractivity contribution >= 4 is 22.1 Å². The summed E-state index contributed by atoms with van der Waals surface area (Å²) in [5.41, 5.74) is 0. The summed E-state index contributed by atoms with van der Waals surface area (Å²) in [7, 11) is 4.65. The maximum atomic E-state index is 5.37. The molecule has 0 spiro atoms. The molecule has 0 saturated heterocycles. The molecule has 0 atom stereocenters. The Morgan fingerprint density at radius 3 is 1.85 bits per heavy atom. The summed E-state index contributed by atoms with van der Waals surface area (Å²) in [5, 5.41) is 1.71. The van der Waals surface area contributed by atoms with E-state index in [1.165, 1.54) is 5.30 Å². The molecule has 118 valence electrons. The molecule has 0 radical (unpaired) electrons. The van der Waals surface area contributed by atoms with Crippen molar-refractivity contribution in [3.05, 3.63) is 30.9 Å². The van der Waals surface area contributed by atoms with E-state index >= 15 is 0 Å². The van der Waals surface area contributed by atoms with Crippen LogP contribution in [0.1, 0.15) is 41.5 Å². The van der Waals surface area contributed by atoms with E-state index in [2.05, 4.69) is 87.5 Å². The van der Waals surface area contributed by atoms with Crippen molar-refractivity contribution in [2.45, 2.75) is 51.9 Å². The molecule has 1 aromatic carbocycles. The van der Waals surface area contributed by atoms with Crippen LogP contribution in [0.3, 0.4) is 0 Å². The van der Waals surface area contributed by atoms with E-state index in [1.807, 2.05) is 6.07 Å². The van der Waals surface area contributed by atoms with Crippen molar-refractivity contribution in [3.8, 4) is 5.75 Å². The Kier molecular flexibility index (Phi) is 7.75. The molecule has 4 heteroatoms. The molecule has 0 fully saturated rings. The van der Waals surface area contributed by atoms with Crippen LogP contribution in [0.5, 0.6) is 5.75 Å². The summed E-state index contributed by atoms with van der Waals surface area (Å²) in [4.78, 5) is 0. The Balaban J connectivity index is 0.00000172. The molecule has 20 heavy (non-hydrogen) atoms. The van der Waals surface area contributed by atoms with Gasteiger partial charge < -0.3 is 4.74 Å². The van der Waals surface area contributed by atoms with E-state index in [0.717, 1.165) is 5.75 Å². The molecular formula is C16H27ClOPPd+.